The van der Waals surface area contributed by atoms with E-state index >= 15 is 0 Å². The van der Waals surface area contributed by atoms with Gasteiger partial charge in [-0.1, -0.05) is 201 Å². The van der Waals surface area contributed by atoms with Crippen molar-refractivity contribution in [2.24, 2.45) is 5.92 Å². The van der Waals surface area contributed by atoms with Crippen LogP contribution in [0, 0.1) is 5.92 Å². The van der Waals surface area contributed by atoms with E-state index in [9.17, 15) is 55.9 Å². The van der Waals surface area contributed by atoms with E-state index in [4.69, 9.17) is 18.9 Å². The monoisotopic (exact) mass is 980 g/mol. The zero-order chi connectivity index (χ0) is 50.1. The summed E-state index contributed by atoms with van der Waals surface area (Å²) in [4.78, 5) is 13.3. The van der Waals surface area contributed by atoms with Crippen molar-refractivity contribution in [3.8, 4) is 0 Å². The molecule has 0 aromatic rings. The molecule has 11 N–H and O–H groups in total. The van der Waals surface area contributed by atoms with Gasteiger partial charge in [-0.2, -0.15) is 0 Å². The zero-order valence-corrected chi connectivity index (χ0v) is 42.5. The summed E-state index contributed by atoms with van der Waals surface area (Å²) in [6.07, 6.45) is 13.0. The van der Waals surface area contributed by atoms with Crippen LogP contribution < -0.4 is 5.32 Å². The van der Waals surface area contributed by atoms with Gasteiger partial charge in [0.25, 0.3) is 0 Å². The molecule has 2 fully saturated rings. The fourth-order valence-electron chi connectivity index (χ4n) is 9.21. The molecule has 0 aliphatic carbocycles. The van der Waals surface area contributed by atoms with Gasteiger partial charge in [0, 0.05) is 0 Å². The van der Waals surface area contributed by atoms with Gasteiger partial charge in [0.05, 0.1) is 32.0 Å². The molecule has 0 aromatic heterocycles. The van der Waals surface area contributed by atoms with E-state index in [2.05, 4.69) is 26.1 Å². The van der Waals surface area contributed by atoms with Crippen molar-refractivity contribution in [3.05, 3.63) is 0 Å². The van der Waals surface area contributed by atoms with Crippen LogP contribution >= 0.6 is 0 Å². The standard InChI is InChI=1S/C52H101NO15/c1-4-6-7-8-9-10-11-12-13-14-15-16-17-18-19-24-27-30-33-40(56)50(64)53-38(43(57)39(55)32-29-26-23-21-20-22-25-28-31-37(3)5-2)35-65-51-49(63)47(61)45(59)42(68-51)36-66-52-48(62)46(60)44(58)41(34-54)67-52/h37-49,51-52,54-63H,4-36H2,1-3H3,(H,53,64)/t37?,38-,39+,40+,41+,42+,43-,44-,45+,46-,47-,48+,49+,51+,52-/m0/s1. The summed E-state index contributed by atoms with van der Waals surface area (Å²) in [7, 11) is 0. The first-order chi connectivity index (χ1) is 32.8. The van der Waals surface area contributed by atoms with Crippen molar-refractivity contribution in [1.82, 2.24) is 5.32 Å². The molecule has 404 valence electrons. The molecule has 1 unspecified atom stereocenters. The van der Waals surface area contributed by atoms with E-state index in [-0.39, 0.29) is 12.8 Å². The van der Waals surface area contributed by atoms with E-state index in [0.717, 1.165) is 50.9 Å². The predicted octanol–water partition coefficient (Wildman–Crippen LogP) is 5.57. The average Bonchev–Trinajstić information content (AvgIpc) is 3.33. The van der Waals surface area contributed by atoms with E-state index in [1.54, 1.807) is 0 Å². The maximum absolute atomic E-state index is 13.3. The number of unbranched alkanes of at least 4 members (excludes halogenated alkanes) is 24. The third kappa shape index (κ3) is 25.5. The lowest BCUT2D eigenvalue weighted by Gasteiger charge is -2.43. The number of hydrogen-bond donors (Lipinski definition) is 11. The molecular formula is C52H101NO15. The minimum atomic E-state index is -1.82. The molecule has 0 spiro atoms. The van der Waals surface area contributed by atoms with Crippen molar-refractivity contribution >= 4 is 5.91 Å². The molecule has 2 saturated heterocycles. The van der Waals surface area contributed by atoms with Crippen molar-refractivity contribution in [2.45, 2.75) is 299 Å². The summed E-state index contributed by atoms with van der Waals surface area (Å²) in [6, 6.07) is -1.27. The summed E-state index contributed by atoms with van der Waals surface area (Å²) in [5.74, 6) is 0.0133. The highest BCUT2D eigenvalue weighted by atomic mass is 16.7. The maximum atomic E-state index is 13.3. The Morgan fingerprint density at radius 2 is 0.912 bits per heavy atom. The Kier molecular flexibility index (Phi) is 35.7. The first-order valence-corrected chi connectivity index (χ1v) is 27.3. The zero-order valence-electron chi connectivity index (χ0n) is 42.5. The first-order valence-electron chi connectivity index (χ1n) is 27.3. The van der Waals surface area contributed by atoms with Crippen molar-refractivity contribution < 1.29 is 74.8 Å². The van der Waals surface area contributed by atoms with Crippen LogP contribution in [-0.2, 0) is 23.7 Å². The van der Waals surface area contributed by atoms with Gasteiger partial charge in [-0.25, -0.2) is 0 Å². The Morgan fingerprint density at radius 3 is 1.37 bits per heavy atom. The lowest BCUT2D eigenvalue weighted by Crippen LogP contribution is -2.62. The van der Waals surface area contributed by atoms with Crippen LogP contribution in [0.3, 0.4) is 0 Å². The second kappa shape index (κ2) is 38.5. The largest absolute Gasteiger partial charge is 0.394 e. The van der Waals surface area contributed by atoms with Crippen molar-refractivity contribution in [3.63, 3.8) is 0 Å². The summed E-state index contributed by atoms with van der Waals surface area (Å²) < 4.78 is 22.4. The number of ether oxygens (including phenoxy) is 4. The summed E-state index contributed by atoms with van der Waals surface area (Å²) in [6.45, 7) is 4.98. The Balaban J connectivity index is 1.86. The van der Waals surface area contributed by atoms with Gasteiger partial charge in [-0.15, -0.1) is 0 Å². The highest BCUT2D eigenvalue weighted by Gasteiger charge is 2.48. The van der Waals surface area contributed by atoms with Crippen LogP contribution in [0.25, 0.3) is 0 Å². The number of aliphatic hydroxyl groups excluding tert-OH is 10. The van der Waals surface area contributed by atoms with Gasteiger partial charge in [-0.05, 0) is 18.8 Å². The SMILES string of the molecule is CCCCCCCCCCCCCCCCCCCC[C@@H](O)C(=O)N[C@@H](CO[C@@H]1O[C@H](CO[C@H]2O[C@H](CO)[C@H](O)[C@H](O)[C@H]2O)[C@@H](O)[C@H](O)[C@H]1O)[C@H](O)[C@H](O)CCCCCCCCCCC(C)CC. The molecule has 2 aliphatic rings. The normalized spacial score (nSPS) is 27.7. The number of nitrogens with one attached hydrogen (secondary N) is 1. The van der Waals surface area contributed by atoms with Crippen molar-refractivity contribution in [2.75, 3.05) is 19.8 Å². The molecule has 15 atom stereocenters. The highest BCUT2D eigenvalue weighted by Crippen LogP contribution is 2.27. The topological polar surface area (TPSA) is 268 Å². The third-order valence-corrected chi connectivity index (χ3v) is 14.3. The molecule has 0 saturated carbocycles. The van der Waals surface area contributed by atoms with Gasteiger partial charge in [0.1, 0.15) is 61.0 Å². The summed E-state index contributed by atoms with van der Waals surface area (Å²) in [5, 5.41) is 108. The first kappa shape index (κ1) is 63.0. The Hall–Kier alpha value is -1.09. The minimum Gasteiger partial charge on any atom is -0.394 e. The minimum absolute atomic E-state index is 0.208. The van der Waals surface area contributed by atoms with E-state index in [1.807, 2.05) is 0 Å². The number of rotatable bonds is 42. The maximum Gasteiger partial charge on any atom is 0.249 e. The average molecular weight is 980 g/mol. The number of amides is 1. The molecule has 2 aliphatic heterocycles. The molecule has 0 aromatic carbocycles. The predicted molar refractivity (Wildman–Crippen MR) is 261 cm³/mol. The summed E-state index contributed by atoms with van der Waals surface area (Å²) >= 11 is 0. The molecule has 68 heavy (non-hydrogen) atoms. The fraction of sp³-hybridized carbons (Fsp3) is 0.981. The van der Waals surface area contributed by atoms with Crippen LogP contribution in [0.4, 0.5) is 0 Å². The highest BCUT2D eigenvalue weighted by molar-refractivity contribution is 5.80. The van der Waals surface area contributed by atoms with E-state index in [1.165, 1.54) is 122 Å². The Labute approximate surface area is 409 Å². The van der Waals surface area contributed by atoms with Crippen LogP contribution in [-0.4, -0.2) is 163 Å². The fourth-order valence-corrected chi connectivity index (χ4v) is 9.21. The molecule has 16 nitrogen and oxygen atoms in total. The van der Waals surface area contributed by atoms with E-state index < -0.39 is 111 Å². The number of hydrogen-bond acceptors (Lipinski definition) is 15. The molecule has 1 amide bonds. The second-order valence-corrected chi connectivity index (χ2v) is 20.3. The van der Waals surface area contributed by atoms with Crippen LogP contribution in [0.15, 0.2) is 0 Å². The third-order valence-electron chi connectivity index (χ3n) is 14.3. The van der Waals surface area contributed by atoms with Crippen LogP contribution in [0.2, 0.25) is 0 Å². The number of carbonyl (C=O) groups excluding carboxylic acids is 1. The number of aliphatic hydroxyl groups is 10. The molecule has 2 rings (SSSR count). The molecule has 16 heteroatoms. The van der Waals surface area contributed by atoms with Crippen LogP contribution in [0.5, 0.6) is 0 Å². The molecular weight excluding hydrogens is 879 g/mol. The van der Waals surface area contributed by atoms with Gasteiger partial charge >= 0.3 is 0 Å². The lowest BCUT2D eigenvalue weighted by atomic mass is 9.97. The lowest BCUT2D eigenvalue weighted by molar-refractivity contribution is -0.331. The van der Waals surface area contributed by atoms with Gasteiger partial charge < -0.3 is 75.3 Å². The van der Waals surface area contributed by atoms with Crippen LogP contribution in [0.1, 0.15) is 213 Å². The van der Waals surface area contributed by atoms with Gasteiger partial charge in [0.2, 0.25) is 5.91 Å². The Bertz CT molecular complexity index is 1210. The van der Waals surface area contributed by atoms with E-state index in [0.29, 0.717) is 12.8 Å². The molecule has 0 bridgehead atoms. The smallest absolute Gasteiger partial charge is 0.249 e. The molecule has 0 radical (unpaired) electrons. The molecule has 2 heterocycles. The van der Waals surface area contributed by atoms with Gasteiger partial charge in [-0.3, -0.25) is 4.79 Å². The van der Waals surface area contributed by atoms with Gasteiger partial charge in [0.15, 0.2) is 12.6 Å². The number of carbonyl (C=O) groups is 1. The Morgan fingerprint density at radius 1 is 0.515 bits per heavy atom. The second-order valence-electron chi connectivity index (χ2n) is 20.3. The quantitative estimate of drug-likeness (QED) is 0.0334. The van der Waals surface area contributed by atoms with Crippen molar-refractivity contribution in [1.29, 1.82) is 0 Å². The summed E-state index contributed by atoms with van der Waals surface area (Å²) in [5.41, 5.74) is 0.